The Hall–Kier alpha value is 0.770. The van der Waals surface area contributed by atoms with Crippen LogP contribution in [-0.2, 0) is 9.09 Å². The van der Waals surface area contributed by atoms with E-state index in [1.54, 1.807) is 0 Å². The van der Waals surface area contributed by atoms with Gasteiger partial charge in [-0.1, -0.05) is 21.6 Å². The summed E-state index contributed by atoms with van der Waals surface area (Å²) in [6, 6.07) is 0. The van der Waals surface area contributed by atoms with Crippen LogP contribution in [0.5, 0.6) is 0 Å². The molecule has 0 aromatic carbocycles. The van der Waals surface area contributed by atoms with Gasteiger partial charge in [0, 0.05) is 11.5 Å². The quantitative estimate of drug-likeness (QED) is 0.463. The molecule has 5 nitrogen and oxygen atoms in total. The number of phosphoric ester groups is 1. The lowest BCUT2D eigenvalue weighted by Crippen LogP contribution is -2.34. The highest BCUT2D eigenvalue weighted by molar-refractivity contribution is 8.76. The smallest absolute Gasteiger partial charge is 0.389 e. The highest BCUT2D eigenvalue weighted by Crippen LogP contribution is 2.42. The van der Waals surface area contributed by atoms with Crippen molar-refractivity contribution >= 4 is 29.4 Å². The molecule has 1 fully saturated rings. The first-order valence-corrected chi connectivity index (χ1v) is 7.17. The normalized spacial score (nSPS) is 31.9. The standard InChI is InChI=1S/C4H9O5PS2/c5-3-1-11-12-2-4(3)9-10(6,7)8/h3-5H,1-2H2,(H2,6,7,8). The number of hydrogen-bond acceptors (Lipinski definition) is 5. The fourth-order valence-electron chi connectivity index (χ4n) is 0.728. The molecule has 12 heavy (non-hydrogen) atoms. The Bertz CT molecular complexity index is 194. The summed E-state index contributed by atoms with van der Waals surface area (Å²) in [6.45, 7) is 0. The van der Waals surface area contributed by atoms with Crippen LogP contribution in [0.15, 0.2) is 0 Å². The van der Waals surface area contributed by atoms with Gasteiger partial charge in [0.05, 0.1) is 6.10 Å². The van der Waals surface area contributed by atoms with Gasteiger partial charge < -0.3 is 14.9 Å². The van der Waals surface area contributed by atoms with Crippen LogP contribution in [0.1, 0.15) is 0 Å². The van der Waals surface area contributed by atoms with Gasteiger partial charge in [0.1, 0.15) is 6.10 Å². The molecule has 8 heteroatoms. The van der Waals surface area contributed by atoms with Crippen LogP contribution in [0.3, 0.4) is 0 Å². The van der Waals surface area contributed by atoms with E-state index in [-0.39, 0.29) is 0 Å². The van der Waals surface area contributed by atoms with Crippen LogP contribution in [0.2, 0.25) is 0 Å². The zero-order valence-corrected chi connectivity index (χ0v) is 8.52. The van der Waals surface area contributed by atoms with E-state index in [1.165, 1.54) is 21.6 Å². The Morgan fingerprint density at radius 3 is 2.42 bits per heavy atom. The Balaban J connectivity index is 2.44. The number of hydrogen-bond donors (Lipinski definition) is 3. The molecule has 3 N–H and O–H groups in total. The van der Waals surface area contributed by atoms with Crippen molar-refractivity contribution in [2.75, 3.05) is 11.5 Å². The molecule has 0 aromatic rings. The maximum absolute atomic E-state index is 10.4. The second-order valence-electron chi connectivity index (χ2n) is 2.27. The van der Waals surface area contributed by atoms with Crippen molar-refractivity contribution in [1.29, 1.82) is 0 Å². The molecule has 0 amide bonds. The van der Waals surface area contributed by atoms with Gasteiger partial charge in [0.25, 0.3) is 0 Å². The Morgan fingerprint density at radius 2 is 1.92 bits per heavy atom. The molecule has 0 aromatic heterocycles. The highest BCUT2D eigenvalue weighted by atomic mass is 33.1. The molecule has 1 aliphatic rings. The van der Waals surface area contributed by atoms with Crippen LogP contribution in [0.4, 0.5) is 0 Å². The molecule has 2 unspecified atom stereocenters. The van der Waals surface area contributed by atoms with E-state index in [0.717, 1.165) is 0 Å². The minimum absolute atomic E-state index is 0.400. The van der Waals surface area contributed by atoms with Crippen LogP contribution in [-0.4, -0.2) is 38.6 Å². The topological polar surface area (TPSA) is 87.0 Å². The van der Waals surface area contributed by atoms with Crippen molar-refractivity contribution in [3.05, 3.63) is 0 Å². The molecule has 1 heterocycles. The molecule has 72 valence electrons. The van der Waals surface area contributed by atoms with Gasteiger partial charge in [-0.3, -0.25) is 4.52 Å². The Kier molecular flexibility index (Phi) is 3.91. The van der Waals surface area contributed by atoms with E-state index in [0.29, 0.717) is 11.5 Å². The lowest BCUT2D eigenvalue weighted by atomic mass is 10.3. The van der Waals surface area contributed by atoms with Crippen LogP contribution >= 0.6 is 29.4 Å². The van der Waals surface area contributed by atoms with Gasteiger partial charge in [0.15, 0.2) is 0 Å². The first kappa shape index (κ1) is 10.8. The number of aliphatic hydroxyl groups excluding tert-OH is 1. The van der Waals surface area contributed by atoms with Gasteiger partial charge in [-0.25, -0.2) is 4.57 Å². The van der Waals surface area contributed by atoms with Gasteiger partial charge in [-0.2, -0.15) is 0 Å². The molecule has 0 bridgehead atoms. The average Bonchev–Trinajstić information content (AvgIpc) is 1.91. The predicted octanol–water partition coefficient (Wildman–Crippen LogP) is 0.220. The molecular weight excluding hydrogens is 223 g/mol. The van der Waals surface area contributed by atoms with E-state index in [2.05, 4.69) is 4.52 Å². The summed E-state index contributed by atoms with van der Waals surface area (Å²) in [5.41, 5.74) is 0. The third-order valence-electron chi connectivity index (χ3n) is 1.26. The maximum atomic E-state index is 10.4. The average molecular weight is 232 g/mol. The SMILES string of the molecule is O=P(O)(O)OC1CSSCC1O. The van der Waals surface area contributed by atoms with E-state index in [4.69, 9.17) is 9.79 Å². The summed E-state index contributed by atoms with van der Waals surface area (Å²) in [4.78, 5) is 16.9. The van der Waals surface area contributed by atoms with E-state index >= 15 is 0 Å². The molecule has 0 spiro atoms. The summed E-state index contributed by atoms with van der Waals surface area (Å²) < 4.78 is 14.8. The molecule has 1 aliphatic heterocycles. The van der Waals surface area contributed by atoms with E-state index in [1.807, 2.05) is 0 Å². The Morgan fingerprint density at radius 1 is 1.33 bits per heavy atom. The third kappa shape index (κ3) is 3.66. The Labute approximate surface area is 77.5 Å². The lowest BCUT2D eigenvalue weighted by molar-refractivity contribution is 0.0432. The first-order valence-electron chi connectivity index (χ1n) is 3.15. The van der Waals surface area contributed by atoms with Gasteiger partial charge in [-0.15, -0.1) is 0 Å². The summed E-state index contributed by atoms with van der Waals surface area (Å²) in [5.74, 6) is 0.840. The minimum atomic E-state index is -4.45. The summed E-state index contributed by atoms with van der Waals surface area (Å²) in [7, 11) is -1.55. The van der Waals surface area contributed by atoms with E-state index < -0.39 is 20.0 Å². The number of aliphatic hydroxyl groups is 1. The summed E-state index contributed by atoms with van der Waals surface area (Å²) in [6.07, 6.45) is -1.54. The number of phosphoric acid groups is 1. The highest BCUT2D eigenvalue weighted by Gasteiger charge is 2.31. The predicted molar refractivity (Wildman–Crippen MR) is 47.8 cm³/mol. The molecule has 0 radical (unpaired) electrons. The summed E-state index contributed by atoms with van der Waals surface area (Å²) >= 11 is 0. The maximum Gasteiger partial charge on any atom is 0.469 e. The molecule has 0 aliphatic carbocycles. The third-order valence-corrected chi connectivity index (χ3v) is 4.23. The zero-order chi connectivity index (χ0) is 9.19. The van der Waals surface area contributed by atoms with Crippen molar-refractivity contribution < 1.29 is 24.0 Å². The van der Waals surface area contributed by atoms with Crippen molar-refractivity contribution in [2.45, 2.75) is 12.2 Å². The summed E-state index contributed by atoms with van der Waals surface area (Å²) in [5, 5.41) is 9.23. The van der Waals surface area contributed by atoms with Crippen molar-refractivity contribution in [1.82, 2.24) is 0 Å². The minimum Gasteiger partial charge on any atom is -0.389 e. The van der Waals surface area contributed by atoms with Crippen LogP contribution < -0.4 is 0 Å². The monoisotopic (exact) mass is 232 g/mol. The van der Waals surface area contributed by atoms with Crippen molar-refractivity contribution in [3.8, 4) is 0 Å². The second-order valence-corrected chi connectivity index (χ2v) is 6.02. The largest absolute Gasteiger partial charge is 0.469 e. The van der Waals surface area contributed by atoms with Crippen molar-refractivity contribution in [3.63, 3.8) is 0 Å². The lowest BCUT2D eigenvalue weighted by Gasteiger charge is -2.26. The van der Waals surface area contributed by atoms with E-state index in [9.17, 15) is 9.67 Å². The van der Waals surface area contributed by atoms with Gasteiger partial charge >= 0.3 is 7.82 Å². The molecular formula is C4H9O5PS2. The molecule has 2 atom stereocenters. The zero-order valence-electron chi connectivity index (χ0n) is 5.99. The molecule has 1 rings (SSSR count). The molecule has 0 saturated carbocycles. The first-order chi connectivity index (χ1) is 5.49. The van der Waals surface area contributed by atoms with Crippen LogP contribution in [0.25, 0.3) is 0 Å². The van der Waals surface area contributed by atoms with Gasteiger partial charge in [-0.05, 0) is 0 Å². The van der Waals surface area contributed by atoms with Gasteiger partial charge in [0.2, 0.25) is 0 Å². The molecule has 1 saturated heterocycles. The van der Waals surface area contributed by atoms with Crippen LogP contribution in [0, 0.1) is 0 Å². The van der Waals surface area contributed by atoms with Crippen molar-refractivity contribution in [2.24, 2.45) is 0 Å². The number of rotatable bonds is 2. The second kappa shape index (κ2) is 4.32. The fraction of sp³-hybridized carbons (Fsp3) is 1.00. The fourth-order valence-corrected chi connectivity index (χ4v) is 3.77.